The fourth-order valence-corrected chi connectivity index (χ4v) is 2.24. The van der Waals surface area contributed by atoms with Gasteiger partial charge < -0.3 is 4.90 Å². The van der Waals surface area contributed by atoms with Crippen molar-refractivity contribution >= 4 is 11.6 Å². The van der Waals surface area contributed by atoms with Crippen LogP contribution in [0.3, 0.4) is 0 Å². The number of non-ortho nitro benzene ring substituents is 1. The summed E-state index contributed by atoms with van der Waals surface area (Å²) < 4.78 is 0. The monoisotopic (exact) mass is 234 g/mol. The van der Waals surface area contributed by atoms with Crippen molar-refractivity contribution in [3.63, 3.8) is 0 Å². The smallest absolute Gasteiger partial charge is 0.269 e. The summed E-state index contributed by atoms with van der Waals surface area (Å²) in [4.78, 5) is 23.4. The van der Waals surface area contributed by atoms with Gasteiger partial charge in [-0.05, 0) is 12.5 Å². The molecule has 0 aliphatic carbocycles. The molecule has 1 aromatic rings. The average Bonchev–Trinajstić information content (AvgIpc) is 2.57. The minimum atomic E-state index is -0.418. The number of nitrogens with zero attached hydrogens (tertiary/aromatic N) is 2. The lowest BCUT2D eigenvalue weighted by atomic mass is 9.92. The van der Waals surface area contributed by atoms with Crippen LogP contribution in [0.25, 0.3) is 0 Å². The van der Waals surface area contributed by atoms with Crippen molar-refractivity contribution in [3.8, 4) is 0 Å². The first-order valence-corrected chi connectivity index (χ1v) is 5.50. The quantitative estimate of drug-likeness (QED) is 0.580. The van der Waals surface area contributed by atoms with Crippen LogP contribution >= 0.6 is 0 Å². The number of benzene rings is 1. The first kappa shape index (κ1) is 11.6. The zero-order valence-corrected chi connectivity index (χ0v) is 9.79. The van der Waals surface area contributed by atoms with Gasteiger partial charge in [0.25, 0.3) is 5.69 Å². The van der Waals surface area contributed by atoms with Crippen molar-refractivity contribution in [3.05, 3.63) is 39.9 Å². The Morgan fingerprint density at radius 1 is 1.35 bits per heavy atom. The van der Waals surface area contributed by atoms with Gasteiger partial charge in [-0.2, -0.15) is 0 Å². The van der Waals surface area contributed by atoms with Crippen LogP contribution in [-0.4, -0.2) is 28.8 Å². The SMILES string of the molecule is CC1C(c2ccc([N+](=O)[O-])cc2)CC(=O)N1C. The molecule has 0 N–H and O–H groups in total. The summed E-state index contributed by atoms with van der Waals surface area (Å²) in [6.07, 6.45) is 0.482. The zero-order valence-electron chi connectivity index (χ0n) is 9.79. The first-order valence-electron chi connectivity index (χ1n) is 5.50. The van der Waals surface area contributed by atoms with Gasteiger partial charge in [0, 0.05) is 37.6 Å². The van der Waals surface area contributed by atoms with E-state index in [0.717, 1.165) is 5.56 Å². The summed E-state index contributed by atoms with van der Waals surface area (Å²) in [6.45, 7) is 2.00. The van der Waals surface area contributed by atoms with Crippen molar-refractivity contribution in [1.29, 1.82) is 0 Å². The van der Waals surface area contributed by atoms with Gasteiger partial charge in [0.05, 0.1) is 4.92 Å². The van der Waals surface area contributed by atoms with E-state index >= 15 is 0 Å². The maximum atomic E-state index is 11.6. The summed E-state index contributed by atoms with van der Waals surface area (Å²) >= 11 is 0. The maximum Gasteiger partial charge on any atom is 0.269 e. The van der Waals surface area contributed by atoms with Crippen molar-refractivity contribution in [1.82, 2.24) is 4.90 Å². The molecule has 1 aromatic carbocycles. The van der Waals surface area contributed by atoms with Crippen molar-refractivity contribution in [2.75, 3.05) is 7.05 Å². The molecule has 1 amide bonds. The molecule has 0 spiro atoms. The molecule has 0 radical (unpaired) electrons. The highest BCUT2D eigenvalue weighted by atomic mass is 16.6. The predicted molar refractivity (Wildman–Crippen MR) is 62.7 cm³/mol. The van der Waals surface area contributed by atoms with E-state index in [1.165, 1.54) is 12.1 Å². The number of likely N-dealkylation sites (N-methyl/N-ethyl adjacent to an activating group) is 1. The van der Waals surface area contributed by atoms with Gasteiger partial charge >= 0.3 is 0 Å². The van der Waals surface area contributed by atoms with Gasteiger partial charge in [0.2, 0.25) is 5.91 Å². The van der Waals surface area contributed by atoms with Crippen molar-refractivity contribution < 1.29 is 9.72 Å². The lowest BCUT2D eigenvalue weighted by molar-refractivity contribution is -0.384. The summed E-state index contributed by atoms with van der Waals surface area (Å²) in [5, 5.41) is 10.5. The Hall–Kier alpha value is -1.91. The second-order valence-corrected chi connectivity index (χ2v) is 4.40. The highest BCUT2D eigenvalue weighted by Crippen LogP contribution is 2.33. The molecule has 2 rings (SSSR count). The Balaban J connectivity index is 2.24. The molecule has 5 heteroatoms. The summed E-state index contributed by atoms with van der Waals surface area (Å²) in [5.74, 6) is 0.258. The number of hydrogen-bond donors (Lipinski definition) is 0. The molecule has 5 nitrogen and oxygen atoms in total. The standard InChI is InChI=1S/C12H14N2O3/c1-8-11(7-12(15)13(8)2)9-3-5-10(6-4-9)14(16)17/h3-6,8,11H,7H2,1-2H3. The molecule has 0 saturated carbocycles. The van der Waals surface area contributed by atoms with Crippen LogP contribution in [0.5, 0.6) is 0 Å². The molecule has 1 aliphatic rings. The van der Waals surface area contributed by atoms with Crippen LogP contribution in [-0.2, 0) is 4.79 Å². The number of rotatable bonds is 2. The molecule has 1 saturated heterocycles. The van der Waals surface area contributed by atoms with Crippen molar-refractivity contribution in [2.24, 2.45) is 0 Å². The van der Waals surface area contributed by atoms with Gasteiger partial charge in [0.15, 0.2) is 0 Å². The molecular formula is C12H14N2O3. The van der Waals surface area contributed by atoms with Gasteiger partial charge in [-0.1, -0.05) is 12.1 Å². The summed E-state index contributed by atoms with van der Waals surface area (Å²) in [7, 11) is 1.79. The fraction of sp³-hybridized carbons (Fsp3) is 0.417. The van der Waals surface area contributed by atoms with Gasteiger partial charge in [-0.25, -0.2) is 0 Å². The minimum absolute atomic E-state index is 0.0825. The lowest BCUT2D eigenvalue weighted by Crippen LogP contribution is -2.27. The van der Waals surface area contributed by atoms with Crippen LogP contribution in [0.4, 0.5) is 5.69 Å². The fourth-order valence-electron chi connectivity index (χ4n) is 2.24. The largest absolute Gasteiger partial charge is 0.342 e. The van der Waals surface area contributed by atoms with Crippen LogP contribution in [0, 0.1) is 10.1 Å². The van der Waals surface area contributed by atoms with Crippen molar-refractivity contribution in [2.45, 2.75) is 25.3 Å². The van der Waals surface area contributed by atoms with E-state index in [4.69, 9.17) is 0 Å². The van der Waals surface area contributed by atoms with Gasteiger partial charge in [-0.15, -0.1) is 0 Å². The third kappa shape index (κ3) is 2.00. The number of carbonyl (C=O) groups excluding carboxylic acids is 1. The van der Waals surface area contributed by atoms with E-state index in [1.54, 1.807) is 24.1 Å². The van der Waals surface area contributed by atoms with Gasteiger partial charge in [-0.3, -0.25) is 14.9 Å². The molecule has 2 atom stereocenters. The van der Waals surface area contributed by atoms with E-state index in [-0.39, 0.29) is 23.6 Å². The number of carbonyl (C=O) groups is 1. The molecule has 2 unspecified atom stereocenters. The Bertz CT molecular complexity index is 455. The normalized spacial score (nSPS) is 24.1. The number of amides is 1. The number of hydrogen-bond acceptors (Lipinski definition) is 3. The molecule has 1 fully saturated rings. The second kappa shape index (κ2) is 4.16. The van der Waals surface area contributed by atoms with E-state index in [1.807, 2.05) is 6.92 Å². The second-order valence-electron chi connectivity index (χ2n) is 4.40. The lowest BCUT2D eigenvalue weighted by Gasteiger charge is -2.20. The van der Waals surface area contributed by atoms with E-state index in [2.05, 4.69) is 0 Å². The molecular weight excluding hydrogens is 220 g/mol. The predicted octanol–water partition coefficient (Wildman–Crippen LogP) is 1.93. The molecule has 1 heterocycles. The van der Waals surface area contributed by atoms with E-state index in [0.29, 0.717) is 6.42 Å². The molecule has 0 aromatic heterocycles. The number of nitro benzene ring substituents is 1. The molecule has 0 bridgehead atoms. The van der Waals surface area contributed by atoms with Gasteiger partial charge in [0.1, 0.15) is 0 Å². The Morgan fingerprint density at radius 3 is 2.35 bits per heavy atom. The minimum Gasteiger partial charge on any atom is -0.342 e. The summed E-state index contributed by atoms with van der Waals surface area (Å²) in [5.41, 5.74) is 1.07. The topological polar surface area (TPSA) is 63.5 Å². The summed E-state index contributed by atoms with van der Waals surface area (Å²) in [6, 6.07) is 6.61. The first-order chi connectivity index (χ1) is 8.00. The average molecular weight is 234 g/mol. The number of likely N-dealkylation sites (tertiary alicyclic amines) is 1. The molecule has 17 heavy (non-hydrogen) atoms. The Kier molecular flexibility index (Phi) is 2.83. The van der Waals surface area contributed by atoms with Crippen LogP contribution in [0.15, 0.2) is 24.3 Å². The van der Waals surface area contributed by atoms with Crippen LogP contribution < -0.4 is 0 Å². The third-order valence-corrected chi connectivity index (χ3v) is 3.51. The van der Waals surface area contributed by atoms with E-state index in [9.17, 15) is 14.9 Å². The number of nitro groups is 1. The van der Waals surface area contributed by atoms with Crippen LogP contribution in [0.2, 0.25) is 0 Å². The molecule has 1 aliphatic heterocycles. The third-order valence-electron chi connectivity index (χ3n) is 3.51. The Labute approximate surface area is 99.2 Å². The maximum absolute atomic E-state index is 11.6. The van der Waals surface area contributed by atoms with Crippen LogP contribution in [0.1, 0.15) is 24.8 Å². The Morgan fingerprint density at radius 2 is 1.94 bits per heavy atom. The highest BCUT2D eigenvalue weighted by Gasteiger charge is 2.35. The molecule has 90 valence electrons. The highest BCUT2D eigenvalue weighted by molar-refractivity contribution is 5.80. The zero-order chi connectivity index (χ0) is 12.6. The van der Waals surface area contributed by atoms with E-state index < -0.39 is 4.92 Å².